The fourth-order valence-electron chi connectivity index (χ4n) is 1.80. The summed E-state index contributed by atoms with van der Waals surface area (Å²) < 4.78 is 26.1. The normalized spacial score (nSPS) is 10.5. The van der Waals surface area contributed by atoms with Gasteiger partial charge in [-0.2, -0.15) is 0 Å². The van der Waals surface area contributed by atoms with E-state index >= 15 is 0 Å². The van der Waals surface area contributed by atoms with Gasteiger partial charge in [0.05, 0.1) is 24.2 Å². The molecule has 0 unspecified atom stereocenters. The predicted octanol–water partition coefficient (Wildman–Crippen LogP) is 2.71. The van der Waals surface area contributed by atoms with Crippen molar-refractivity contribution in [2.45, 2.75) is 12.8 Å². The molecule has 0 aliphatic heterocycles. The summed E-state index contributed by atoms with van der Waals surface area (Å²) in [7, 11) is 0. The second-order valence-electron chi connectivity index (χ2n) is 4.57. The Labute approximate surface area is 139 Å². The maximum Gasteiger partial charge on any atom is 0.277 e. The Kier molecular flexibility index (Phi) is 7.66. The van der Waals surface area contributed by atoms with Crippen molar-refractivity contribution in [1.29, 1.82) is 0 Å². The van der Waals surface area contributed by atoms with E-state index < -0.39 is 24.9 Å². The molecule has 1 heterocycles. The monoisotopic (exact) mass is 351 g/mol. The Bertz CT molecular complexity index is 653. The topological polar surface area (TPSA) is 68.0 Å². The van der Waals surface area contributed by atoms with E-state index in [9.17, 15) is 13.6 Å². The first-order valence-corrected chi connectivity index (χ1v) is 6.15. The second kappa shape index (κ2) is 8.22. The number of nitrogens with two attached hydrogens (primary N) is 1. The summed E-state index contributed by atoms with van der Waals surface area (Å²) in [4.78, 5) is 16.3. The molecule has 2 aromatic rings. The lowest BCUT2D eigenvalue weighted by Gasteiger charge is -2.15. The lowest BCUT2D eigenvalue weighted by molar-refractivity contribution is 0.0119. The summed E-state index contributed by atoms with van der Waals surface area (Å²) in [5, 5.41) is 2.98. The molecule has 122 valence electrons. The molecule has 0 aliphatic carbocycles. The molecule has 1 aromatic heterocycles. The van der Waals surface area contributed by atoms with Crippen molar-refractivity contribution in [3.63, 3.8) is 0 Å². The van der Waals surface area contributed by atoms with E-state index in [-0.39, 0.29) is 30.4 Å². The molecule has 0 radical (unpaired) electrons. The van der Waals surface area contributed by atoms with Crippen molar-refractivity contribution in [2.75, 3.05) is 13.1 Å². The van der Waals surface area contributed by atoms with E-state index in [0.717, 1.165) is 11.1 Å². The standard InChI is InChI=1S/C14H15F2N3O.2ClH/c1-9-5-6-10-3-2-4-11(12(10)19-9)13(20)18-8-14(15,16)7-17;;/h2-6H,7-8,17H2,1H3,(H,18,20);2*1H. The summed E-state index contributed by atoms with van der Waals surface area (Å²) in [6.07, 6.45) is 0. The molecule has 0 spiro atoms. The minimum atomic E-state index is -3.11. The zero-order valence-corrected chi connectivity index (χ0v) is 13.4. The van der Waals surface area contributed by atoms with Gasteiger partial charge < -0.3 is 11.1 Å². The SMILES string of the molecule is Cc1ccc2cccc(C(=O)NCC(F)(F)CN)c2n1.Cl.Cl. The summed E-state index contributed by atoms with van der Waals surface area (Å²) >= 11 is 0. The molecule has 4 nitrogen and oxygen atoms in total. The van der Waals surface area contributed by atoms with Gasteiger partial charge in [0.2, 0.25) is 0 Å². The van der Waals surface area contributed by atoms with Crippen LogP contribution < -0.4 is 11.1 Å². The summed E-state index contributed by atoms with van der Waals surface area (Å²) in [6.45, 7) is 0.210. The van der Waals surface area contributed by atoms with Crippen molar-refractivity contribution < 1.29 is 13.6 Å². The number of fused-ring (bicyclic) bond motifs is 1. The number of carbonyl (C=O) groups excluding carboxylic acids is 1. The van der Waals surface area contributed by atoms with E-state index in [2.05, 4.69) is 10.3 Å². The van der Waals surface area contributed by atoms with Crippen LogP contribution >= 0.6 is 24.8 Å². The lowest BCUT2D eigenvalue weighted by atomic mass is 10.1. The third-order valence-electron chi connectivity index (χ3n) is 2.91. The molecule has 3 N–H and O–H groups in total. The molecule has 2 rings (SSSR count). The van der Waals surface area contributed by atoms with Crippen molar-refractivity contribution >= 4 is 41.6 Å². The Morgan fingerprint density at radius 2 is 1.95 bits per heavy atom. The predicted molar refractivity (Wildman–Crippen MR) is 87.3 cm³/mol. The number of nitrogens with one attached hydrogen (secondary N) is 1. The first kappa shape index (κ1) is 20.5. The number of rotatable bonds is 4. The maximum absolute atomic E-state index is 13.1. The Hall–Kier alpha value is -1.50. The van der Waals surface area contributed by atoms with Crippen LogP contribution in [0.3, 0.4) is 0 Å². The van der Waals surface area contributed by atoms with Gasteiger partial charge in [0.25, 0.3) is 11.8 Å². The molecule has 1 aromatic carbocycles. The van der Waals surface area contributed by atoms with E-state index in [0.29, 0.717) is 5.52 Å². The molecule has 8 heteroatoms. The molecule has 22 heavy (non-hydrogen) atoms. The molecule has 0 aliphatic rings. The molecule has 0 bridgehead atoms. The van der Waals surface area contributed by atoms with Crippen molar-refractivity contribution in [3.05, 3.63) is 41.6 Å². The number of aromatic nitrogens is 1. The Morgan fingerprint density at radius 1 is 1.27 bits per heavy atom. The number of para-hydroxylation sites is 1. The molecule has 1 amide bonds. The average molecular weight is 352 g/mol. The number of amides is 1. The summed E-state index contributed by atoms with van der Waals surface area (Å²) in [5.74, 6) is -3.69. The van der Waals surface area contributed by atoms with E-state index in [1.54, 1.807) is 19.1 Å². The molecular weight excluding hydrogens is 335 g/mol. The number of halogens is 4. The largest absolute Gasteiger partial charge is 0.346 e. The number of hydrogen-bond donors (Lipinski definition) is 2. The Balaban J connectivity index is 0.00000220. The van der Waals surface area contributed by atoms with Crippen LogP contribution in [0.2, 0.25) is 0 Å². The summed E-state index contributed by atoms with van der Waals surface area (Å²) in [5.41, 5.74) is 6.46. The number of benzene rings is 1. The van der Waals surface area contributed by atoms with Crippen molar-refractivity contribution in [1.82, 2.24) is 10.3 Å². The average Bonchev–Trinajstić information content (AvgIpc) is 2.44. The minimum absolute atomic E-state index is 0. The number of pyridine rings is 1. The van der Waals surface area contributed by atoms with Crippen molar-refractivity contribution in [2.24, 2.45) is 5.73 Å². The van der Waals surface area contributed by atoms with Gasteiger partial charge >= 0.3 is 0 Å². The van der Waals surface area contributed by atoms with Gasteiger partial charge in [0, 0.05) is 11.1 Å². The van der Waals surface area contributed by atoms with E-state index in [4.69, 9.17) is 5.73 Å². The van der Waals surface area contributed by atoms with Crippen LogP contribution in [0.25, 0.3) is 10.9 Å². The van der Waals surface area contributed by atoms with Gasteiger partial charge in [-0.25, -0.2) is 8.78 Å². The van der Waals surface area contributed by atoms with Gasteiger partial charge in [-0.15, -0.1) is 24.8 Å². The fourth-order valence-corrected chi connectivity index (χ4v) is 1.80. The maximum atomic E-state index is 13.1. The minimum Gasteiger partial charge on any atom is -0.346 e. The van der Waals surface area contributed by atoms with Crippen LogP contribution in [0.4, 0.5) is 8.78 Å². The molecule has 0 saturated heterocycles. The van der Waals surface area contributed by atoms with Crippen LogP contribution in [0.1, 0.15) is 16.1 Å². The van der Waals surface area contributed by atoms with Gasteiger partial charge in [0.1, 0.15) is 0 Å². The number of alkyl halides is 2. The summed E-state index contributed by atoms with van der Waals surface area (Å²) in [6, 6.07) is 8.72. The Morgan fingerprint density at radius 3 is 2.59 bits per heavy atom. The fraction of sp³-hybridized carbons (Fsp3) is 0.286. The second-order valence-corrected chi connectivity index (χ2v) is 4.57. The first-order valence-electron chi connectivity index (χ1n) is 6.15. The highest BCUT2D eigenvalue weighted by Crippen LogP contribution is 2.17. The van der Waals surface area contributed by atoms with Crippen LogP contribution in [-0.2, 0) is 0 Å². The lowest BCUT2D eigenvalue weighted by Crippen LogP contribution is -2.41. The number of nitrogens with zero attached hydrogens (tertiary/aromatic N) is 1. The molecular formula is C14H17Cl2F2N3O. The zero-order chi connectivity index (χ0) is 14.8. The van der Waals surface area contributed by atoms with Crippen molar-refractivity contribution in [3.8, 4) is 0 Å². The van der Waals surface area contributed by atoms with Crippen LogP contribution in [-0.4, -0.2) is 29.9 Å². The smallest absolute Gasteiger partial charge is 0.277 e. The first-order chi connectivity index (χ1) is 9.43. The molecule has 0 saturated carbocycles. The zero-order valence-electron chi connectivity index (χ0n) is 11.8. The highest BCUT2D eigenvalue weighted by atomic mass is 35.5. The van der Waals surface area contributed by atoms with Gasteiger partial charge in [0.15, 0.2) is 0 Å². The quantitative estimate of drug-likeness (QED) is 0.889. The molecule has 0 fully saturated rings. The highest BCUT2D eigenvalue weighted by Gasteiger charge is 2.27. The van der Waals surface area contributed by atoms with Crippen LogP contribution in [0.5, 0.6) is 0 Å². The molecule has 0 atom stereocenters. The van der Waals surface area contributed by atoms with E-state index in [1.807, 2.05) is 18.2 Å². The van der Waals surface area contributed by atoms with Gasteiger partial charge in [-0.3, -0.25) is 9.78 Å². The van der Waals surface area contributed by atoms with Crippen LogP contribution in [0, 0.1) is 6.92 Å². The number of carbonyl (C=O) groups is 1. The number of hydrogen-bond acceptors (Lipinski definition) is 3. The van der Waals surface area contributed by atoms with Crippen LogP contribution in [0.15, 0.2) is 30.3 Å². The third-order valence-corrected chi connectivity index (χ3v) is 2.91. The van der Waals surface area contributed by atoms with Gasteiger partial charge in [-0.05, 0) is 19.1 Å². The third kappa shape index (κ3) is 4.76. The number of aryl methyl sites for hydroxylation is 1. The highest BCUT2D eigenvalue weighted by molar-refractivity contribution is 6.05. The van der Waals surface area contributed by atoms with E-state index in [1.165, 1.54) is 0 Å². The van der Waals surface area contributed by atoms with Gasteiger partial charge in [-0.1, -0.05) is 18.2 Å².